The van der Waals surface area contributed by atoms with Crippen LogP contribution in [0.1, 0.15) is 12.0 Å². The van der Waals surface area contributed by atoms with Gasteiger partial charge in [-0.1, -0.05) is 30.3 Å². The van der Waals surface area contributed by atoms with Gasteiger partial charge in [-0.15, -0.1) is 0 Å². The van der Waals surface area contributed by atoms with Gasteiger partial charge in [0.2, 0.25) is 0 Å². The molecule has 18 heavy (non-hydrogen) atoms. The van der Waals surface area contributed by atoms with Crippen molar-refractivity contribution in [1.82, 2.24) is 4.90 Å². The molecule has 0 aliphatic heterocycles. The van der Waals surface area contributed by atoms with E-state index in [-0.39, 0.29) is 19.6 Å². The lowest BCUT2D eigenvalue weighted by molar-refractivity contribution is -0.186. The molecule has 0 spiro atoms. The minimum atomic E-state index is -4.84. The highest BCUT2D eigenvalue weighted by Crippen LogP contribution is 2.20. The SMILES string of the molecule is NCCCN(Cc1ccccc1)C(=O)C(F)(F)F. The summed E-state index contributed by atoms with van der Waals surface area (Å²) in [6, 6.07) is 8.56. The van der Waals surface area contributed by atoms with Crippen LogP contribution in [-0.2, 0) is 11.3 Å². The molecule has 0 aliphatic carbocycles. The first-order valence-electron chi connectivity index (χ1n) is 5.55. The molecule has 0 heterocycles. The molecule has 0 fully saturated rings. The first kappa shape index (κ1) is 14.5. The first-order valence-corrected chi connectivity index (χ1v) is 5.55. The molecule has 0 atom stereocenters. The summed E-state index contributed by atoms with van der Waals surface area (Å²) in [5.41, 5.74) is 5.92. The van der Waals surface area contributed by atoms with Gasteiger partial charge in [0.15, 0.2) is 0 Å². The zero-order valence-corrected chi connectivity index (χ0v) is 9.78. The van der Waals surface area contributed by atoms with Crippen molar-refractivity contribution in [1.29, 1.82) is 0 Å². The normalized spacial score (nSPS) is 11.3. The highest BCUT2D eigenvalue weighted by atomic mass is 19.4. The summed E-state index contributed by atoms with van der Waals surface area (Å²) >= 11 is 0. The monoisotopic (exact) mass is 260 g/mol. The fraction of sp³-hybridized carbons (Fsp3) is 0.417. The summed E-state index contributed by atoms with van der Waals surface area (Å²) in [7, 11) is 0. The molecule has 6 heteroatoms. The Hall–Kier alpha value is -1.56. The molecular weight excluding hydrogens is 245 g/mol. The minimum Gasteiger partial charge on any atom is -0.331 e. The molecule has 0 radical (unpaired) electrons. The molecule has 0 unspecified atom stereocenters. The summed E-state index contributed by atoms with van der Waals surface area (Å²) < 4.78 is 37.2. The molecule has 0 saturated heterocycles. The van der Waals surface area contributed by atoms with E-state index in [1.807, 2.05) is 0 Å². The number of alkyl halides is 3. The number of hydrogen-bond acceptors (Lipinski definition) is 2. The zero-order valence-electron chi connectivity index (χ0n) is 9.78. The lowest BCUT2D eigenvalue weighted by Crippen LogP contribution is -2.41. The van der Waals surface area contributed by atoms with Gasteiger partial charge in [-0.25, -0.2) is 0 Å². The predicted octanol–water partition coefficient (Wildman–Crippen LogP) is 1.93. The number of carbonyl (C=O) groups is 1. The summed E-state index contributed by atoms with van der Waals surface area (Å²) in [6.07, 6.45) is -4.50. The Bertz CT molecular complexity index is 379. The minimum absolute atomic E-state index is 0.00371. The number of nitrogens with zero attached hydrogens (tertiary/aromatic N) is 1. The van der Waals surface area contributed by atoms with Crippen LogP contribution in [-0.4, -0.2) is 30.1 Å². The van der Waals surface area contributed by atoms with Gasteiger partial charge in [0.25, 0.3) is 0 Å². The van der Waals surface area contributed by atoms with Crippen molar-refractivity contribution < 1.29 is 18.0 Å². The summed E-state index contributed by atoms with van der Waals surface area (Å²) in [4.78, 5) is 12.0. The van der Waals surface area contributed by atoms with E-state index in [0.29, 0.717) is 12.0 Å². The number of benzene rings is 1. The van der Waals surface area contributed by atoms with Crippen LogP contribution in [0.15, 0.2) is 30.3 Å². The third kappa shape index (κ3) is 4.37. The van der Waals surface area contributed by atoms with Crippen LogP contribution < -0.4 is 5.73 Å². The van der Waals surface area contributed by atoms with Gasteiger partial charge < -0.3 is 10.6 Å². The van der Waals surface area contributed by atoms with Crippen molar-refractivity contribution in [2.45, 2.75) is 19.1 Å². The van der Waals surface area contributed by atoms with Gasteiger partial charge in [-0.2, -0.15) is 13.2 Å². The molecule has 0 bridgehead atoms. The molecule has 2 N–H and O–H groups in total. The number of hydrogen-bond donors (Lipinski definition) is 1. The molecule has 1 aromatic carbocycles. The Labute approximate surface area is 103 Å². The highest BCUT2D eigenvalue weighted by molar-refractivity contribution is 5.81. The molecule has 0 aromatic heterocycles. The largest absolute Gasteiger partial charge is 0.471 e. The lowest BCUT2D eigenvalue weighted by atomic mass is 10.2. The van der Waals surface area contributed by atoms with Gasteiger partial charge in [0, 0.05) is 13.1 Å². The zero-order chi connectivity index (χ0) is 13.6. The number of carbonyl (C=O) groups excluding carboxylic acids is 1. The maximum atomic E-state index is 12.4. The highest BCUT2D eigenvalue weighted by Gasteiger charge is 2.42. The third-order valence-electron chi connectivity index (χ3n) is 2.38. The Kier molecular flexibility index (Phi) is 5.15. The van der Waals surface area contributed by atoms with Gasteiger partial charge in [-0.3, -0.25) is 4.79 Å². The molecule has 1 rings (SSSR count). The van der Waals surface area contributed by atoms with Gasteiger partial charge in [0.05, 0.1) is 0 Å². The van der Waals surface area contributed by atoms with Crippen LogP contribution in [0.25, 0.3) is 0 Å². The quantitative estimate of drug-likeness (QED) is 0.879. The maximum Gasteiger partial charge on any atom is 0.471 e. The Morgan fingerprint density at radius 2 is 1.83 bits per heavy atom. The molecule has 0 saturated carbocycles. The average molecular weight is 260 g/mol. The fourth-order valence-electron chi connectivity index (χ4n) is 1.52. The Morgan fingerprint density at radius 3 is 2.33 bits per heavy atom. The van der Waals surface area contributed by atoms with E-state index in [4.69, 9.17) is 5.73 Å². The van der Waals surface area contributed by atoms with Crippen LogP contribution in [0.5, 0.6) is 0 Å². The van der Waals surface area contributed by atoms with E-state index in [2.05, 4.69) is 0 Å². The maximum absolute atomic E-state index is 12.4. The summed E-state index contributed by atoms with van der Waals surface area (Å²) in [5, 5.41) is 0. The summed E-state index contributed by atoms with van der Waals surface area (Å²) in [5.74, 6) is -1.82. The standard InChI is InChI=1S/C12H15F3N2O/c13-12(14,15)11(18)17(8-4-7-16)9-10-5-2-1-3-6-10/h1-3,5-6H,4,7-9,16H2. The first-order chi connectivity index (χ1) is 8.45. The van der Waals surface area contributed by atoms with Crippen LogP contribution in [0.4, 0.5) is 13.2 Å². The van der Waals surface area contributed by atoms with Crippen molar-refractivity contribution >= 4 is 5.91 Å². The predicted molar refractivity (Wildman–Crippen MR) is 61.6 cm³/mol. The second kappa shape index (κ2) is 6.39. The number of nitrogens with two attached hydrogens (primary N) is 1. The van der Waals surface area contributed by atoms with E-state index in [0.717, 1.165) is 4.90 Å². The second-order valence-electron chi connectivity index (χ2n) is 3.85. The fourth-order valence-corrected chi connectivity index (χ4v) is 1.52. The summed E-state index contributed by atoms with van der Waals surface area (Å²) in [6.45, 7) is 0.194. The van der Waals surface area contributed by atoms with Crippen molar-refractivity contribution in [2.24, 2.45) is 5.73 Å². The number of halogens is 3. The van der Waals surface area contributed by atoms with E-state index < -0.39 is 12.1 Å². The molecular formula is C12H15F3N2O. The molecule has 0 aliphatic rings. The number of rotatable bonds is 5. The van der Waals surface area contributed by atoms with Crippen molar-refractivity contribution in [3.63, 3.8) is 0 Å². The van der Waals surface area contributed by atoms with Crippen molar-refractivity contribution in [3.05, 3.63) is 35.9 Å². The van der Waals surface area contributed by atoms with Crippen molar-refractivity contribution in [2.75, 3.05) is 13.1 Å². The molecule has 100 valence electrons. The van der Waals surface area contributed by atoms with Gasteiger partial charge in [0.1, 0.15) is 0 Å². The lowest BCUT2D eigenvalue weighted by Gasteiger charge is -2.23. The van der Waals surface area contributed by atoms with E-state index in [9.17, 15) is 18.0 Å². The Balaban J connectivity index is 2.76. The van der Waals surface area contributed by atoms with Gasteiger partial charge >= 0.3 is 12.1 Å². The van der Waals surface area contributed by atoms with Gasteiger partial charge in [-0.05, 0) is 18.5 Å². The smallest absolute Gasteiger partial charge is 0.331 e. The van der Waals surface area contributed by atoms with E-state index in [1.165, 1.54) is 0 Å². The Morgan fingerprint density at radius 1 is 1.22 bits per heavy atom. The van der Waals surface area contributed by atoms with Crippen LogP contribution >= 0.6 is 0 Å². The van der Waals surface area contributed by atoms with E-state index >= 15 is 0 Å². The number of amides is 1. The van der Waals surface area contributed by atoms with Crippen LogP contribution in [0.2, 0.25) is 0 Å². The van der Waals surface area contributed by atoms with Crippen molar-refractivity contribution in [3.8, 4) is 0 Å². The molecule has 1 aromatic rings. The topological polar surface area (TPSA) is 46.3 Å². The average Bonchev–Trinajstić information content (AvgIpc) is 2.33. The van der Waals surface area contributed by atoms with Crippen LogP contribution in [0.3, 0.4) is 0 Å². The second-order valence-corrected chi connectivity index (χ2v) is 3.85. The molecule has 3 nitrogen and oxygen atoms in total. The van der Waals surface area contributed by atoms with Crippen LogP contribution in [0, 0.1) is 0 Å². The molecule has 1 amide bonds. The third-order valence-corrected chi connectivity index (χ3v) is 2.38. The van der Waals surface area contributed by atoms with E-state index in [1.54, 1.807) is 30.3 Å².